The first-order valence-electron chi connectivity index (χ1n) is 4.39. The van der Waals surface area contributed by atoms with E-state index in [0.717, 1.165) is 0 Å². The zero-order chi connectivity index (χ0) is 9.82. The number of aldehydes is 1. The topological polar surface area (TPSA) is 52.3 Å². The summed E-state index contributed by atoms with van der Waals surface area (Å²) in [5.74, 6) is 0. The first-order valence-corrected chi connectivity index (χ1v) is 4.39. The number of carbonyl (C=O) groups is 1. The van der Waals surface area contributed by atoms with Crippen molar-refractivity contribution in [3.8, 4) is 0 Å². The van der Waals surface area contributed by atoms with Crippen LogP contribution in [0, 0.1) is 0 Å². The summed E-state index contributed by atoms with van der Waals surface area (Å²) >= 11 is 0. The molecule has 0 aliphatic rings. The van der Waals surface area contributed by atoms with E-state index in [1.165, 1.54) is 19.3 Å². The lowest BCUT2D eigenvalue weighted by Crippen LogP contribution is -2.02. The van der Waals surface area contributed by atoms with Crippen LogP contribution in [0.2, 0.25) is 0 Å². The fraction of sp³-hybridized carbons (Fsp3) is 0.889. The highest BCUT2D eigenvalue weighted by Crippen LogP contribution is 2.01. The van der Waals surface area contributed by atoms with Crippen molar-refractivity contribution in [2.45, 2.75) is 39.2 Å². The highest BCUT2D eigenvalue weighted by molar-refractivity contribution is 5.51. The monoisotopic (exact) mass is 175 g/mol. The Bertz CT molecular complexity index is 86.6. The van der Waals surface area contributed by atoms with E-state index >= 15 is 0 Å². The summed E-state index contributed by atoms with van der Waals surface area (Å²) in [5, 5.41) is 0. The number of unbranched alkanes of at least 4 members (excludes halogenated alkanes) is 1. The fourth-order valence-corrected chi connectivity index (χ4v) is 0.609. The molecule has 0 aromatic rings. The average Bonchev–Trinajstić information content (AvgIpc) is 2.14. The van der Waals surface area contributed by atoms with Crippen LogP contribution in [0.5, 0.6) is 0 Å². The smallest absolute Gasteiger partial charge is 0.133 e. The average molecular weight is 175 g/mol. The summed E-state index contributed by atoms with van der Waals surface area (Å²) in [4.78, 5) is 9.05. The number of carbonyl (C=O) groups excluding carboxylic acids is 1. The van der Waals surface area contributed by atoms with Gasteiger partial charge in [-0.25, -0.2) is 0 Å². The molecule has 3 heteroatoms. The molecule has 2 N–H and O–H groups in total. The second kappa shape index (κ2) is 13.2. The van der Waals surface area contributed by atoms with Gasteiger partial charge in [-0.15, -0.1) is 0 Å². The van der Waals surface area contributed by atoms with E-state index in [-0.39, 0.29) is 6.54 Å². The van der Waals surface area contributed by atoms with Crippen molar-refractivity contribution in [3.63, 3.8) is 0 Å². The van der Waals surface area contributed by atoms with Crippen LogP contribution >= 0.6 is 0 Å². The number of rotatable bonds is 5. The molecular formula is C9H21NO2. The molecule has 0 heterocycles. The Kier molecular flexibility index (Phi) is 15.5. The van der Waals surface area contributed by atoms with Crippen LogP contribution in [0.25, 0.3) is 0 Å². The molecule has 12 heavy (non-hydrogen) atoms. The van der Waals surface area contributed by atoms with Crippen LogP contribution in [-0.2, 0) is 9.53 Å². The standard InChI is InChI=1S/C7H16O.C2H5NO/c1-4-5-6-7(2)8-3;3-1-2-4/h7H,4-6H2,1-3H3;2H,1,3H2. The van der Waals surface area contributed by atoms with Crippen molar-refractivity contribution < 1.29 is 9.53 Å². The Balaban J connectivity index is 0. The SMILES string of the molecule is CCCCC(C)OC.NCC=O. The highest BCUT2D eigenvalue weighted by Gasteiger charge is 1.94. The molecule has 0 fully saturated rings. The van der Waals surface area contributed by atoms with Gasteiger partial charge in [-0.05, 0) is 13.3 Å². The Morgan fingerprint density at radius 2 is 2.08 bits per heavy atom. The lowest BCUT2D eigenvalue weighted by molar-refractivity contribution is -0.106. The predicted octanol–water partition coefficient (Wildman–Crippen LogP) is 1.36. The van der Waals surface area contributed by atoms with Crippen LogP contribution in [0.15, 0.2) is 0 Å². The van der Waals surface area contributed by atoms with Crippen LogP contribution in [0.3, 0.4) is 0 Å². The van der Waals surface area contributed by atoms with E-state index in [1.54, 1.807) is 7.11 Å². The first kappa shape index (κ1) is 14.1. The molecule has 0 saturated heterocycles. The van der Waals surface area contributed by atoms with Gasteiger partial charge in [0.25, 0.3) is 0 Å². The van der Waals surface area contributed by atoms with Gasteiger partial charge < -0.3 is 15.3 Å². The van der Waals surface area contributed by atoms with Gasteiger partial charge in [-0.2, -0.15) is 0 Å². The van der Waals surface area contributed by atoms with E-state index in [4.69, 9.17) is 9.53 Å². The van der Waals surface area contributed by atoms with Crippen LogP contribution < -0.4 is 5.73 Å². The normalized spacial score (nSPS) is 11.3. The first-order chi connectivity index (χ1) is 5.72. The Morgan fingerprint density at radius 3 is 2.33 bits per heavy atom. The van der Waals surface area contributed by atoms with Gasteiger partial charge in [0.05, 0.1) is 6.10 Å². The van der Waals surface area contributed by atoms with E-state index in [2.05, 4.69) is 19.6 Å². The molecule has 0 aliphatic carbocycles. The zero-order valence-electron chi connectivity index (χ0n) is 8.38. The maximum absolute atomic E-state index is 9.05. The summed E-state index contributed by atoms with van der Waals surface area (Å²) in [6.07, 6.45) is 4.87. The van der Waals surface area contributed by atoms with Crippen molar-refractivity contribution >= 4 is 6.29 Å². The Labute approximate surface area is 75.3 Å². The van der Waals surface area contributed by atoms with Gasteiger partial charge in [0.2, 0.25) is 0 Å². The summed E-state index contributed by atoms with van der Waals surface area (Å²) in [7, 11) is 1.76. The van der Waals surface area contributed by atoms with Crippen LogP contribution in [0.1, 0.15) is 33.1 Å². The molecule has 3 nitrogen and oxygen atoms in total. The van der Waals surface area contributed by atoms with E-state index in [9.17, 15) is 0 Å². The van der Waals surface area contributed by atoms with Crippen molar-refractivity contribution in [2.24, 2.45) is 5.73 Å². The number of hydrogen-bond acceptors (Lipinski definition) is 3. The molecule has 0 bridgehead atoms. The number of hydrogen-bond donors (Lipinski definition) is 1. The van der Waals surface area contributed by atoms with E-state index < -0.39 is 0 Å². The molecule has 0 aliphatic heterocycles. The molecule has 74 valence electrons. The van der Waals surface area contributed by atoms with Gasteiger partial charge >= 0.3 is 0 Å². The third kappa shape index (κ3) is 16.3. The largest absolute Gasteiger partial charge is 0.382 e. The zero-order valence-corrected chi connectivity index (χ0v) is 8.38. The molecule has 0 amide bonds. The lowest BCUT2D eigenvalue weighted by Gasteiger charge is -2.06. The fourth-order valence-electron chi connectivity index (χ4n) is 0.609. The van der Waals surface area contributed by atoms with Crippen molar-refractivity contribution in [1.29, 1.82) is 0 Å². The maximum Gasteiger partial charge on any atom is 0.133 e. The van der Waals surface area contributed by atoms with Gasteiger partial charge in [0.15, 0.2) is 0 Å². The summed E-state index contributed by atoms with van der Waals surface area (Å²) in [6, 6.07) is 0. The predicted molar refractivity (Wildman–Crippen MR) is 51.1 cm³/mol. The molecule has 0 radical (unpaired) electrons. The third-order valence-electron chi connectivity index (χ3n) is 1.46. The van der Waals surface area contributed by atoms with E-state index in [0.29, 0.717) is 12.4 Å². The molecule has 0 rings (SSSR count). The number of nitrogens with two attached hydrogens (primary N) is 1. The number of ether oxygens (including phenoxy) is 1. The Morgan fingerprint density at radius 1 is 1.58 bits per heavy atom. The second-order valence-corrected chi connectivity index (χ2v) is 2.59. The molecule has 0 aromatic carbocycles. The number of methoxy groups -OCH3 is 1. The summed E-state index contributed by atoms with van der Waals surface area (Å²) < 4.78 is 5.05. The summed E-state index contributed by atoms with van der Waals surface area (Å²) in [6.45, 7) is 4.44. The third-order valence-corrected chi connectivity index (χ3v) is 1.46. The summed E-state index contributed by atoms with van der Waals surface area (Å²) in [5.41, 5.74) is 4.66. The molecular weight excluding hydrogens is 154 g/mol. The molecule has 0 saturated carbocycles. The Hall–Kier alpha value is -0.410. The lowest BCUT2D eigenvalue weighted by atomic mass is 10.2. The quantitative estimate of drug-likeness (QED) is 0.642. The van der Waals surface area contributed by atoms with Crippen molar-refractivity contribution in [3.05, 3.63) is 0 Å². The molecule has 1 atom stereocenters. The van der Waals surface area contributed by atoms with Crippen LogP contribution in [-0.4, -0.2) is 26.0 Å². The van der Waals surface area contributed by atoms with Gasteiger partial charge in [-0.3, -0.25) is 0 Å². The molecule has 0 aromatic heterocycles. The minimum absolute atomic E-state index is 0.139. The maximum atomic E-state index is 9.05. The second-order valence-electron chi connectivity index (χ2n) is 2.59. The van der Waals surface area contributed by atoms with Crippen molar-refractivity contribution in [1.82, 2.24) is 0 Å². The minimum Gasteiger partial charge on any atom is -0.382 e. The minimum atomic E-state index is 0.139. The molecule has 1 unspecified atom stereocenters. The van der Waals surface area contributed by atoms with Gasteiger partial charge in [0, 0.05) is 13.7 Å². The molecule has 0 spiro atoms. The van der Waals surface area contributed by atoms with Crippen molar-refractivity contribution in [2.75, 3.05) is 13.7 Å². The highest BCUT2D eigenvalue weighted by atomic mass is 16.5. The van der Waals surface area contributed by atoms with Gasteiger partial charge in [0.1, 0.15) is 6.29 Å². The van der Waals surface area contributed by atoms with Crippen LogP contribution in [0.4, 0.5) is 0 Å². The van der Waals surface area contributed by atoms with E-state index in [1.807, 2.05) is 0 Å². The van der Waals surface area contributed by atoms with Gasteiger partial charge in [-0.1, -0.05) is 19.8 Å².